The summed E-state index contributed by atoms with van der Waals surface area (Å²) in [7, 11) is 1.63. The topological polar surface area (TPSA) is 90.6 Å². The molecule has 3 aromatic rings. The number of aromatic nitrogens is 4. The molecule has 0 saturated carbocycles. The Morgan fingerprint density at radius 3 is 3.04 bits per heavy atom. The van der Waals surface area contributed by atoms with Gasteiger partial charge in [0.1, 0.15) is 0 Å². The Bertz CT molecular complexity index is 1010. The highest BCUT2D eigenvalue weighted by molar-refractivity contribution is 5.90. The molecule has 27 heavy (non-hydrogen) atoms. The number of hydrogen-bond donors (Lipinski definition) is 1. The van der Waals surface area contributed by atoms with Crippen molar-refractivity contribution in [3.63, 3.8) is 0 Å². The third kappa shape index (κ3) is 3.30. The number of aryl methyl sites for hydroxylation is 2. The van der Waals surface area contributed by atoms with Gasteiger partial charge < -0.3 is 14.8 Å². The third-order valence-corrected chi connectivity index (χ3v) is 4.62. The van der Waals surface area contributed by atoms with Gasteiger partial charge in [0.2, 0.25) is 5.82 Å². The van der Waals surface area contributed by atoms with Crippen molar-refractivity contribution < 1.29 is 14.3 Å². The summed E-state index contributed by atoms with van der Waals surface area (Å²) in [5, 5.41) is 7.17. The van der Waals surface area contributed by atoms with Crippen LogP contribution in [0.3, 0.4) is 0 Å². The van der Waals surface area contributed by atoms with Crippen LogP contribution in [0.15, 0.2) is 24.3 Å². The number of fused-ring (bicyclic) bond motifs is 2. The molecule has 1 aliphatic rings. The Hall–Kier alpha value is -3.16. The van der Waals surface area contributed by atoms with Crippen LogP contribution in [0.4, 0.5) is 0 Å². The average molecular weight is 367 g/mol. The molecular formula is C19H21N5O3. The van der Waals surface area contributed by atoms with Gasteiger partial charge in [-0.25, -0.2) is 9.50 Å². The van der Waals surface area contributed by atoms with E-state index in [0.29, 0.717) is 18.9 Å². The minimum absolute atomic E-state index is 0.120. The van der Waals surface area contributed by atoms with Gasteiger partial charge in [0.05, 0.1) is 13.7 Å². The molecule has 0 unspecified atom stereocenters. The summed E-state index contributed by atoms with van der Waals surface area (Å²) in [6, 6.07) is 7.74. The largest absolute Gasteiger partial charge is 0.493 e. The number of para-hydroxylation sites is 1. The van der Waals surface area contributed by atoms with E-state index in [1.807, 2.05) is 38.1 Å². The number of amides is 1. The van der Waals surface area contributed by atoms with E-state index in [4.69, 9.17) is 9.47 Å². The lowest BCUT2D eigenvalue weighted by Gasteiger charge is -2.26. The van der Waals surface area contributed by atoms with Crippen LogP contribution in [-0.2, 0) is 6.42 Å². The summed E-state index contributed by atoms with van der Waals surface area (Å²) < 4.78 is 12.8. The van der Waals surface area contributed by atoms with E-state index < -0.39 is 0 Å². The number of carbonyl (C=O) groups excluding carboxylic acids is 1. The fourth-order valence-corrected chi connectivity index (χ4v) is 3.33. The number of ether oxygens (including phenoxy) is 2. The van der Waals surface area contributed by atoms with Crippen LogP contribution in [0.5, 0.6) is 11.5 Å². The quantitative estimate of drug-likeness (QED) is 0.755. The predicted molar refractivity (Wildman–Crippen MR) is 98.3 cm³/mol. The molecule has 2 aromatic heterocycles. The summed E-state index contributed by atoms with van der Waals surface area (Å²) in [5.41, 5.74) is 2.81. The van der Waals surface area contributed by atoms with Gasteiger partial charge in [0.25, 0.3) is 11.7 Å². The number of rotatable bonds is 4. The number of methoxy groups -OCH3 is 1. The zero-order chi connectivity index (χ0) is 19.0. The Kier molecular flexibility index (Phi) is 4.39. The number of benzene rings is 1. The minimum atomic E-state index is -0.311. The van der Waals surface area contributed by atoms with Crippen molar-refractivity contribution in [1.29, 1.82) is 0 Å². The SMILES string of the molecule is COc1cccc2c1OC[C@@H](CNC(=O)c1nc3nc(C)cc(C)n3n1)C2. The third-order valence-electron chi connectivity index (χ3n) is 4.62. The number of nitrogens with zero attached hydrogens (tertiary/aromatic N) is 4. The monoisotopic (exact) mass is 367 g/mol. The van der Waals surface area contributed by atoms with E-state index in [1.165, 1.54) is 0 Å². The smallest absolute Gasteiger partial charge is 0.291 e. The molecule has 0 saturated heterocycles. The van der Waals surface area contributed by atoms with Crippen LogP contribution in [-0.4, -0.2) is 45.8 Å². The van der Waals surface area contributed by atoms with Crippen molar-refractivity contribution in [3.8, 4) is 11.5 Å². The van der Waals surface area contributed by atoms with E-state index in [1.54, 1.807) is 11.6 Å². The molecule has 0 fully saturated rings. The van der Waals surface area contributed by atoms with Crippen LogP contribution >= 0.6 is 0 Å². The van der Waals surface area contributed by atoms with Crippen molar-refractivity contribution in [2.24, 2.45) is 5.92 Å². The molecule has 1 atom stereocenters. The van der Waals surface area contributed by atoms with Crippen LogP contribution in [0.25, 0.3) is 5.78 Å². The zero-order valence-corrected chi connectivity index (χ0v) is 15.5. The molecule has 8 heteroatoms. The molecule has 1 amide bonds. The first-order chi connectivity index (χ1) is 13.0. The van der Waals surface area contributed by atoms with Gasteiger partial charge >= 0.3 is 0 Å². The van der Waals surface area contributed by atoms with Crippen LogP contribution in [0, 0.1) is 19.8 Å². The predicted octanol–water partition coefficient (Wildman–Crippen LogP) is 1.73. The Morgan fingerprint density at radius 2 is 2.22 bits per heavy atom. The lowest BCUT2D eigenvalue weighted by Crippen LogP contribution is -2.35. The van der Waals surface area contributed by atoms with Gasteiger partial charge in [-0.1, -0.05) is 12.1 Å². The Morgan fingerprint density at radius 1 is 1.37 bits per heavy atom. The van der Waals surface area contributed by atoms with E-state index in [9.17, 15) is 4.79 Å². The maximum atomic E-state index is 12.5. The molecule has 4 rings (SSSR count). The molecule has 0 bridgehead atoms. The molecule has 0 spiro atoms. The first kappa shape index (κ1) is 17.3. The second kappa shape index (κ2) is 6.86. The zero-order valence-electron chi connectivity index (χ0n) is 15.5. The number of carbonyl (C=O) groups is 1. The summed E-state index contributed by atoms with van der Waals surface area (Å²) >= 11 is 0. The van der Waals surface area contributed by atoms with Crippen molar-refractivity contribution >= 4 is 11.7 Å². The van der Waals surface area contributed by atoms with E-state index in [-0.39, 0.29) is 17.6 Å². The average Bonchev–Trinajstić information content (AvgIpc) is 3.09. The minimum Gasteiger partial charge on any atom is -0.493 e. The fraction of sp³-hybridized carbons (Fsp3) is 0.368. The summed E-state index contributed by atoms with van der Waals surface area (Å²) in [6.07, 6.45) is 0.811. The Balaban J connectivity index is 1.43. The molecule has 3 heterocycles. The first-order valence-electron chi connectivity index (χ1n) is 8.83. The van der Waals surface area contributed by atoms with Crippen LogP contribution in [0.1, 0.15) is 27.6 Å². The number of nitrogens with one attached hydrogen (secondary N) is 1. The van der Waals surface area contributed by atoms with E-state index >= 15 is 0 Å². The van der Waals surface area contributed by atoms with Gasteiger partial charge in [-0.3, -0.25) is 4.79 Å². The maximum absolute atomic E-state index is 12.5. The molecule has 140 valence electrons. The van der Waals surface area contributed by atoms with Crippen molar-refractivity contribution in [2.75, 3.05) is 20.3 Å². The lowest BCUT2D eigenvalue weighted by atomic mass is 9.96. The van der Waals surface area contributed by atoms with Crippen molar-refractivity contribution in [2.45, 2.75) is 20.3 Å². The summed E-state index contributed by atoms with van der Waals surface area (Å²) in [4.78, 5) is 21.0. The molecule has 0 radical (unpaired) electrons. The van der Waals surface area contributed by atoms with Gasteiger partial charge in [-0.2, -0.15) is 4.98 Å². The first-order valence-corrected chi connectivity index (χ1v) is 8.83. The lowest BCUT2D eigenvalue weighted by molar-refractivity contribution is 0.0928. The van der Waals surface area contributed by atoms with Gasteiger partial charge in [0, 0.05) is 23.9 Å². The molecule has 0 aliphatic carbocycles. The molecule has 8 nitrogen and oxygen atoms in total. The molecule has 1 aromatic carbocycles. The highest BCUT2D eigenvalue weighted by Crippen LogP contribution is 2.35. The fourth-order valence-electron chi connectivity index (χ4n) is 3.33. The highest BCUT2D eigenvalue weighted by atomic mass is 16.5. The van der Waals surface area contributed by atoms with E-state index in [2.05, 4.69) is 20.4 Å². The van der Waals surface area contributed by atoms with Crippen molar-refractivity contribution in [3.05, 3.63) is 47.0 Å². The van der Waals surface area contributed by atoms with Crippen molar-refractivity contribution in [1.82, 2.24) is 24.9 Å². The van der Waals surface area contributed by atoms with Crippen LogP contribution in [0.2, 0.25) is 0 Å². The molecule has 1 aliphatic heterocycles. The normalized spacial score (nSPS) is 15.9. The highest BCUT2D eigenvalue weighted by Gasteiger charge is 2.24. The maximum Gasteiger partial charge on any atom is 0.291 e. The second-order valence-corrected chi connectivity index (χ2v) is 6.73. The number of hydrogen-bond acceptors (Lipinski definition) is 6. The van der Waals surface area contributed by atoms with Gasteiger partial charge in [-0.15, -0.1) is 5.10 Å². The summed E-state index contributed by atoms with van der Waals surface area (Å²) in [6.45, 7) is 4.79. The van der Waals surface area contributed by atoms with Gasteiger partial charge in [-0.05, 0) is 38.0 Å². The second-order valence-electron chi connectivity index (χ2n) is 6.73. The van der Waals surface area contributed by atoms with Gasteiger partial charge in [0.15, 0.2) is 11.5 Å². The molecular weight excluding hydrogens is 346 g/mol. The standard InChI is InChI=1S/C19H21N5O3/c1-11-7-12(2)24-19(21-11)22-17(23-24)18(25)20-9-13-8-14-5-4-6-15(26-3)16(14)27-10-13/h4-7,13H,8-10H2,1-3H3,(H,20,25)/t13-/m1/s1. The van der Waals surface area contributed by atoms with E-state index in [0.717, 1.165) is 34.9 Å². The van der Waals surface area contributed by atoms with Crippen LogP contribution < -0.4 is 14.8 Å². The Labute approximate surface area is 156 Å². The summed E-state index contributed by atoms with van der Waals surface area (Å²) in [5.74, 6) is 1.94. The molecule has 1 N–H and O–H groups in total.